The molecule has 1 aliphatic rings. The van der Waals surface area contributed by atoms with Gasteiger partial charge in [0.25, 0.3) is 0 Å². The SMILES string of the molecule is CC1CCCN(C(CN)c2ccc(F)cc2Cl)CC1. The third-order valence-electron chi connectivity index (χ3n) is 4.04. The monoisotopic (exact) mass is 284 g/mol. The second-order valence-corrected chi connectivity index (χ2v) is 5.90. The van der Waals surface area contributed by atoms with Crippen molar-refractivity contribution in [2.24, 2.45) is 11.7 Å². The lowest BCUT2D eigenvalue weighted by molar-refractivity contribution is 0.207. The van der Waals surface area contributed by atoms with Gasteiger partial charge in [0.15, 0.2) is 0 Å². The van der Waals surface area contributed by atoms with Crippen LogP contribution in [0.5, 0.6) is 0 Å². The van der Waals surface area contributed by atoms with E-state index >= 15 is 0 Å². The molecule has 0 bridgehead atoms. The Morgan fingerprint density at radius 3 is 2.89 bits per heavy atom. The van der Waals surface area contributed by atoms with Crippen LogP contribution in [0.2, 0.25) is 5.02 Å². The van der Waals surface area contributed by atoms with E-state index in [4.69, 9.17) is 17.3 Å². The predicted molar refractivity (Wildman–Crippen MR) is 77.8 cm³/mol. The Bertz CT molecular complexity index is 425. The van der Waals surface area contributed by atoms with E-state index in [2.05, 4.69) is 11.8 Å². The molecule has 0 amide bonds. The lowest BCUT2D eigenvalue weighted by Gasteiger charge is -2.30. The van der Waals surface area contributed by atoms with Crippen molar-refractivity contribution < 1.29 is 4.39 Å². The molecule has 1 aromatic rings. The van der Waals surface area contributed by atoms with Crippen LogP contribution in [0.15, 0.2) is 18.2 Å². The Hall–Kier alpha value is -0.640. The van der Waals surface area contributed by atoms with Gasteiger partial charge in [-0.1, -0.05) is 24.6 Å². The minimum absolute atomic E-state index is 0.0957. The number of benzene rings is 1. The van der Waals surface area contributed by atoms with Gasteiger partial charge in [0, 0.05) is 17.6 Å². The third kappa shape index (κ3) is 3.68. The molecule has 1 aliphatic heterocycles. The molecule has 0 aliphatic carbocycles. The van der Waals surface area contributed by atoms with Crippen molar-refractivity contribution in [2.75, 3.05) is 19.6 Å². The van der Waals surface area contributed by atoms with Gasteiger partial charge >= 0.3 is 0 Å². The van der Waals surface area contributed by atoms with Gasteiger partial charge in [0.1, 0.15) is 5.82 Å². The average Bonchev–Trinajstić information content (AvgIpc) is 2.58. The van der Waals surface area contributed by atoms with E-state index in [9.17, 15) is 4.39 Å². The van der Waals surface area contributed by atoms with Crippen LogP contribution in [-0.4, -0.2) is 24.5 Å². The van der Waals surface area contributed by atoms with Crippen molar-refractivity contribution in [2.45, 2.75) is 32.2 Å². The van der Waals surface area contributed by atoms with Crippen LogP contribution in [0.3, 0.4) is 0 Å². The summed E-state index contributed by atoms with van der Waals surface area (Å²) in [5.74, 6) is 0.473. The summed E-state index contributed by atoms with van der Waals surface area (Å²) in [6.45, 7) is 4.89. The van der Waals surface area contributed by atoms with Crippen LogP contribution in [-0.2, 0) is 0 Å². The minimum Gasteiger partial charge on any atom is -0.329 e. The van der Waals surface area contributed by atoms with Crippen molar-refractivity contribution in [3.63, 3.8) is 0 Å². The fourth-order valence-electron chi connectivity index (χ4n) is 2.84. The highest BCUT2D eigenvalue weighted by Crippen LogP contribution is 2.30. The Morgan fingerprint density at radius 1 is 1.42 bits per heavy atom. The fraction of sp³-hybridized carbons (Fsp3) is 0.600. The number of likely N-dealkylation sites (tertiary alicyclic amines) is 1. The summed E-state index contributed by atoms with van der Waals surface area (Å²) in [5, 5.41) is 0.479. The molecule has 2 unspecified atom stereocenters. The van der Waals surface area contributed by atoms with Crippen molar-refractivity contribution in [1.82, 2.24) is 4.90 Å². The first-order chi connectivity index (χ1) is 9.11. The molecule has 4 heteroatoms. The summed E-state index contributed by atoms with van der Waals surface area (Å²) >= 11 is 6.17. The number of halogens is 2. The van der Waals surface area contributed by atoms with E-state index in [-0.39, 0.29) is 11.9 Å². The average molecular weight is 285 g/mol. The molecule has 1 heterocycles. The molecule has 0 spiro atoms. The largest absolute Gasteiger partial charge is 0.329 e. The van der Waals surface area contributed by atoms with Gasteiger partial charge in [0.2, 0.25) is 0 Å². The summed E-state index contributed by atoms with van der Waals surface area (Å²) in [6.07, 6.45) is 3.65. The van der Waals surface area contributed by atoms with E-state index in [1.165, 1.54) is 31.4 Å². The first-order valence-corrected chi connectivity index (χ1v) is 7.38. The lowest BCUT2D eigenvalue weighted by Crippen LogP contribution is -2.34. The molecule has 1 aromatic carbocycles. The molecule has 1 saturated heterocycles. The van der Waals surface area contributed by atoms with Crippen LogP contribution in [0.25, 0.3) is 0 Å². The summed E-state index contributed by atoms with van der Waals surface area (Å²) in [4.78, 5) is 2.39. The van der Waals surface area contributed by atoms with Gasteiger partial charge < -0.3 is 5.73 Å². The minimum atomic E-state index is -0.297. The van der Waals surface area contributed by atoms with Crippen LogP contribution in [0, 0.1) is 11.7 Å². The zero-order chi connectivity index (χ0) is 13.8. The standard InChI is InChI=1S/C15H22ClFN2/c1-11-3-2-7-19(8-6-11)15(10-18)13-5-4-12(17)9-14(13)16/h4-5,9,11,15H,2-3,6-8,10,18H2,1H3. The third-order valence-corrected chi connectivity index (χ3v) is 4.36. The van der Waals surface area contributed by atoms with Crippen LogP contribution < -0.4 is 5.73 Å². The number of nitrogens with two attached hydrogens (primary N) is 1. The molecule has 0 aromatic heterocycles. The highest BCUT2D eigenvalue weighted by Gasteiger charge is 2.23. The van der Waals surface area contributed by atoms with Crippen molar-refractivity contribution in [3.8, 4) is 0 Å². The fourth-order valence-corrected chi connectivity index (χ4v) is 3.13. The molecule has 2 nitrogen and oxygen atoms in total. The molecular formula is C15H22ClFN2. The van der Waals surface area contributed by atoms with Gasteiger partial charge in [-0.2, -0.15) is 0 Å². The number of nitrogens with zero attached hydrogens (tertiary/aromatic N) is 1. The molecule has 0 radical (unpaired) electrons. The van der Waals surface area contributed by atoms with E-state index in [1.54, 1.807) is 6.07 Å². The van der Waals surface area contributed by atoms with Crippen LogP contribution in [0.1, 0.15) is 37.8 Å². The van der Waals surface area contributed by atoms with Gasteiger partial charge in [-0.3, -0.25) is 4.90 Å². The van der Waals surface area contributed by atoms with Crippen molar-refractivity contribution in [1.29, 1.82) is 0 Å². The number of hydrogen-bond acceptors (Lipinski definition) is 2. The maximum Gasteiger partial charge on any atom is 0.124 e. The molecule has 19 heavy (non-hydrogen) atoms. The molecule has 0 saturated carbocycles. The molecule has 1 fully saturated rings. The molecule has 2 atom stereocenters. The van der Waals surface area contributed by atoms with Gasteiger partial charge in [0.05, 0.1) is 0 Å². The molecule has 2 N–H and O–H groups in total. The molecular weight excluding hydrogens is 263 g/mol. The predicted octanol–water partition coefficient (Wildman–Crippen LogP) is 3.60. The first kappa shape index (κ1) is 14.8. The topological polar surface area (TPSA) is 29.3 Å². The highest BCUT2D eigenvalue weighted by atomic mass is 35.5. The molecule has 106 valence electrons. The molecule has 2 rings (SSSR count). The van der Waals surface area contributed by atoms with Crippen LogP contribution in [0.4, 0.5) is 4.39 Å². The highest BCUT2D eigenvalue weighted by molar-refractivity contribution is 6.31. The number of rotatable bonds is 3. The Balaban J connectivity index is 2.18. The first-order valence-electron chi connectivity index (χ1n) is 7.01. The summed E-state index contributed by atoms with van der Waals surface area (Å²) in [7, 11) is 0. The second kappa shape index (κ2) is 6.69. The van der Waals surface area contributed by atoms with E-state index < -0.39 is 0 Å². The van der Waals surface area contributed by atoms with Crippen LogP contribution >= 0.6 is 11.6 Å². The maximum atomic E-state index is 13.1. The normalized spacial score (nSPS) is 23.1. The van der Waals surface area contributed by atoms with Gasteiger partial charge in [-0.15, -0.1) is 0 Å². The van der Waals surface area contributed by atoms with Crippen molar-refractivity contribution >= 4 is 11.6 Å². The number of hydrogen-bond donors (Lipinski definition) is 1. The Labute approximate surface area is 119 Å². The maximum absolute atomic E-state index is 13.1. The van der Waals surface area contributed by atoms with E-state index in [0.717, 1.165) is 24.6 Å². The quantitative estimate of drug-likeness (QED) is 0.919. The van der Waals surface area contributed by atoms with E-state index in [0.29, 0.717) is 11.6 Å². The van der Waals surface area contributed by atoms with E-state index in [1.807, 2.05) is 0 Å². The second-order valence-electron chi connectivity index (χ2n) is 5.49. The lowest BCUT2D eigenvalue weighted by atomic mass is 10.0. The van der Waals surface area contributed by atoms with Gasteiger partial charge in [-0.05, 0) is 56.0 Å². The summed E-state index contributed by atoms with van der Waals surface area (Å²) in [6, 6.07) is 4.70. The van der Waals surface area contributed by atoms with Gasteiger partial charge in [-0.25, -0.2) is 4.39 Å². The Morgan fingerprint density at radius 2 is 2.21 bits per heavy atom. The summed E-state index contributed by atoms with van der Waals surface area (Å²) < 4.78 is 13.1. The zero-order valence-corrected chi connectivity index (χ0v) is 12.2. The summed E-state index contributed by atoms with van der Waals surface area (Å²) in [5.41, 5.74) is 6.88. The van der Waals surface area contributed by atoms with Crippen molar-refractivity contribution in [3.05, 3.63) is 34.6 Å². The Kier molecular flexibility index (Phi) is 5.20. The zero-order valence-electron chi connectivity index (χ0n) is 11.4. The smallest absolute Gasteiger partial charge is 0.124 e.